The van der Waals surface area contributed by atoms with Crippen molar-refractivity contribution in [3.8, 4) is 0 Å². The molecule has 0 aliphatic rings. The normalized spacial score (nSPS) is 16.0. The molecule has 0 aliphatic heterocycles. The molecule has 0 saturated carbocycles. The van der Waals surface area contributed by atoms with Crippen LogP contribution < -0.4 is 0 Å². The second-order valence-electron chi connectivity index (χ2n) is 8.82. The SMILES string of the molecule is CCOP(=O)(OCC)C(N(OC(C)c1cn(C)cn1)C(C)(C)C)C(C)(C)C. The van der Waals surface area contributed by atoms with E-state index in [-0.39, 0.29) is 6.10 Å². The molecule has 158 valence electrons. The van der Waals surface area contributed by atoms with Crippen LogP contribution in [0.25, 0.3) is 0 Å². The molecular formula is C19H38N3O4P. The van der Waals surface area contributed by atoms with Gasteiger partial charge in [-0.05, 0) is 47.0 Å². The number of nitrogens with zero attached hydrogens (tertiary/aromatic N) is 3. The molecule has 0 spiro atoms. The van der Waals surface area contributed by atoms with Crippen LogP contribution in [0.1, 0.15) is 74.1 Å². The lowest BCUT2D eigenvalue weighted by molar-refractivity contribution is -0.265. The van der Waals surface area contributed by atoms with Crippen LogP contribution in [0.2, 0.25) is 0 Å². The molecule has 2 unspecified atom stereocenters. The molecule has 1 heterocycles. The maximum absolute atomic E-state index is 13.8. The van der Waals surface area contributed by atoms with E-state index in [1.165, 1.54) is 0 Å². The van der Waals surface area contributed by atoms with Gasteiger partial charge >= 0.3 is 7.60 Å². The summed E-state index contributed by atoms with van der Waals surface area (Å²) in [5, 5.41) is 1.79. The molecule has 1 aromatic heterocycles. The minimum absolute atomic E-state index is 0.303. The Hall–Kier alpha value is -0.720. The fourth-order valence-electron chi connectivity index (χ4n) is 2.94. The van der Waals surface area contributed by atoms with Crippen LogP contribution in [0.3, 0.4) is 0 Å². The largest absolute Gasteiger partial charge is 0.350 e. The number of rotatable bonds is 9. The Bertz CT molecular complexity index is 624. The van der Waals surface area contributed by atoms with Gasteiger partial charge in [-0.1, -0.05) is 20.8 Å². The molecule has 0 aliphatic carbocycles. The molecular weight excluding hydrogens is 365 g/mol. The van der Waals surface area contributed by atoms with Crippen molar-refractivity contribution >= 4 is 7.60 Å². The summed E-state index contributed by atoms with van der Waals surface area (Å²) in [5.41, 5.74) is -0.0518. The minimum atomic E-state index is -3.47. The van der Waals surface area contributed by atoms with Crippen LogP contribution in [-0.4, -0.2) is 39.1 Å². The van der Waals surface area contributed by atoms with E-state index >= 15 is 0 Å². The summed E-state index contributed by atoms with van der Waals surface area (Å²) < 4.78 is 27.1. The predicted octanol–water partition coefficient (Wildman–Crippen LogP) is 5.15. The van der Waals surface area contributed by atoms with E-state index in [4.69, 9.17) is 13.9 Å². The lowest BCUT2D eigenvalue weighted by Gasteiger charge is -2.48. The van der Waals surface area contributed by atoms with Crippen molar-refractivity contribution in [3.63, 3.8) is 0 Å². The van der Waals surface area contributed by atoms with E-state index in [9.17, 15) is 4.57 Å². The standard InChI is InChI=1S/C19H38N3O4P/c1-11-24-27(23,25-12-2)17(18(4,5)6)22(19(7,8)9)26-15(3)16-13-21(10)14-20-16/h13-15,17H,11-12H2,1-10H3. The highest BCUT2D eigenvalue weighted by Crippen LogP contribution is 2.61. The zero-order valence-corrected chi connectivity index (χ0v) is 19.5. The third kappa shape index (κ3) is 6.40. The second kappa shape index (κ2) is 9.19. The summed E-state index contributed by atoms with van der Waals surface area (Å²) in [4.78, 5) is 10.8. The Kier molecular flexibility index (Phi) is 8.27. The fraction of sp³-hybridized carbons (Fsp3) is 0.842. The number of hydrogen-bond donors (Lipinski definition) is 0. The molecule has 0 amide bonds. The monoisotopic (exact) mass is 403 g/mol. The van der Waals surface area contributed by atoms with E-state index in [0.717, 1.165) is 5.69 Å². The van der Waals surface area contributed by atoms with Gasteiger partial charge in [0.25, 0.3) is 0 Å². The van der Waals surface area contributed by atoms with E-state index in [0.29, 0.717) is 13.2 Å². The molecule has 7 nitrogen and oxygen atoms in total. The smallest absolute Gasteiger partial charge is 0.340 e. The van der Waals surface area contributed by atoms with Crippen molar-refractivity contribution in [2.45, 2.75) is 79.7 Å². The van der Waals surface area contributed by atoms with Crippen molar-refractivity contribution in [3.05, 3.63) is 18.2 Å². The van der Waals surface area contributed by atoms with Crippen LogP contribution in [0.5, 0.6) is 0 Å². The molecule has 0 radical (unpaired) electrons. The Balaban J connectivity index is 3.38. The first-order chi connectivity index (χ1) is 12.3. The van der Waals surface area contributed by atoms with Gasteiger partial charge in [-0.2, -0.15) is 5.06 Å². The van der Waals surface area contributed by atoms with Crippen LogP contribution in [-0.2, 0) is 25.5 Å². The van der Waals surface area contributed by atoms with Gasteiger partial charge in [-0.25, -0.2) is 4.98 Å². The van der Waals surface area contributed by atoms with E-state index in [2.05, 4.69) is 4.98 Å². The molecule has 1 aromatic rings. The van der Waals surface area contributed by atoms with Crippen LogP contribution in [0.4, 0.5) is 0 Å². The Morgan fingerprint density at radius 2 is 1.67 bits per heavy atom. The first-order valence-electron chi connectivity index (χ1n) is 9.59. The Labute approximate surface area is 164 Å². The molecule has 0 N–H and O–H groups in total. The number of aryl methyl sites for hydroxylation is 1. The highest BCUT2D eigenvalue weighted by atomic mass is 31.2. The van der Waals surface area contributed by atoms with Crippen molar-refractivity contribution in [2.24, 2.45) is 12.5 Å². The summed E-state index contributed by atoms with van der Waals surface area (Å²) in [6.45, 7) is 18.3. The maximum atomic E-state index is 13.8. The van der Waals surface area contributed by atoms with Gasteiger partial charge in [0.05, 0.1) is 25.2 Å². The molecule has 0 bridgehead atoms. The average molecular weight is 404 g/mol. The van der Waals surface area contributed by atoms with Crippen LogP contribution in [0.15, 0.2) is 12.5 Å². The first-order valence-corrected chi connectivity index (χ1v) is 11.2. The average Bonchev–Trinajstić information content (AvgIpc) is 2.91. The third-order valence-electron chi connectivity index (χ3n) is 3.99. The highest BCUT2D eigenvalue weighted by Gasteiger charge is 2.51. The van der Waals surface area contributed by atoms with Crippen LogP contribution in [0, 0.1) is 5.41 Å². The Morgan fingerprint density at radius 1 is 1.15 bits per heavy atom. The minimum Gasteiger partial charge on any atom is -0.340 e. The van der Waals surface area contributed by atoms with Gasteiger partial charge in [-0.15, -0.1) is 0 Å². The fourth-order valence-corrected chi connectivity index (χ4v) is 5.63. The van der Waals surface area contributed by atoms with E-state index < -0.39 is 24.3 Å². The summed E-state index contributed by atoms with van der Waals surface area (Å²) >= 11 is 0. The maximum Gasteiger partial charge on any atom is 0.350 e. The lowest BCUT2D eigenvalue weighted by atomic mass is 9.94. The predicted molar refractivity (Wildman–Crippen MR) is 108 cm³/mol. The molecule has 0 fully saturated rings. The summed E-state index contributed by atoms with van der Waals surface area (Å²) in [6.07, 6.45) is 3.35. The zero-order chi connectivity index (χ0) is 21.0. The zero-order valence-electron chi connectivity index (χ0n) is 18.6. The lowest BCUT2D eigenvalue weighted by Crippen LogP contribution is -2.53. The van der Waals surface area contributed by atoms with Gasteiger partial charge in [0.15, 0.2) is 0 Å². The topological polar surface area (TPSA) is 65.8 Å². The number of hydroxylamine groups is 2. The summed E-state index contributed by atoms with van der Waals surface area (Å²) in [5.74, 6) is -0.587. The number of hydrogen-bond acceptors (Lipinski definition) is 6. The molecule has 1 rings (SSSR count). The highest BCUT2D eigenvalue weighted by molar-refractivity contribution is 7.54. The number of imidazole rings is 1. The van der Waals surface area contributed by atoms with Gasteiger partial charge in [0.1, 0.15) is 11.9 Å². The first kappa shape index (κ1) is 24.3. The van der Waals surface area contributed by atoms with Gasteiger partial charge in [-0.3, -0.25) is 9.40 Å². The molecule has 2 atom stereocenters. The Morgan fingerprint density at radius 3 is 2.00 bits per heavy atom. The summed E-state index contributed by atoms with van der Waals surface area (Å²) in [6, 6.07) is 0. The molecule has 8 heteroatoms. The van der Waals surface area contributed by atoms with E-state index in [1.54, 1.807) is 11.4 Å². The second-order valence-corrected chi connectivity index (χ2v) is 10.9. The quantitative estimate of drug-likeness (QED) is 0.420. The van der Waals surface area contributed by atoms with Crippen molar-refractivity contribution in [2.75, 3.05) is 13.2 Å². The van der Waals surface area contributed by atoms with E-state index in [1.807, 2.05) is 80.1 Å². The molecule has 0 aromatic carbocycles. The van der Waals surface area contributed by atoms with Crippen molar-refractivity contribution in [1.29, 1.82) is 0 Å². The van der Waals surface area contributed by atoms with Crippen LogP contribution >= 0.6 is 7.60 Å². The molecule has 0 saturated heterocycles. The third-order valence-corrected chi connectivity index (χ3v) is 6.81. The van der Waals surface area contributed by atoms with Gasteiger partial charge < -0.3 is 13.6 Å². The number of aromatic nitrogens is 2. The summed E-state index contributed by atoms with van der Waals surface area (Å²) in [7, 11) is -1.55. The molecule has 27 heavy (non-hydrogen) atoms. The van der Waals surface area contributed by atoms with Gasteiger partial charge in [0.2, 0.25) is 0 Å². The van der Waals surface area contributed by atoms with Crippen molar-refractivity contribution in [1.82, 2.24) is 14.6 Å². The van der Waals surface area contributed by atoms with Gasteiger partial charge in [0, 0.05) is 18.8 Å². The van der Waals surface area contributed by atoms with Crippen molar-refractivity contribution < 1.29 is 18.5 Å².